The molecule has 1 fully saturated rings. The summed E-state index contributed by atoms with van der Waals surface area (Å²) in [4.78, 5) is 36.3. The number of likely N-dealkylation sites (tertiary alicyclic amines) is 1. The number of nitrogens with zero attached hydrogens (tertiary/aromatic N) is 6. The smallest absolute Gasteiger partial charge is 0.277 e. The largest absolute Gasteiger partial charge is 0.336 e. The normalized spacial score (nSPS) is 13.2. The fourth-order valence-corrected chi connectivity index (χ4v) is 7.08. The molecule has 1 amide bonds. The Morgan fingerprint density at radius 1 is 0.900 bits per heavy atom. The summed E-state index contributed by atoms with van der Waals surface area (Å²) >= 11 is 7.45. The minimum absolute atomic E-state index is 0. The van der Waals surface area contributed by atoms with Crippen LogP contribution in [0.15, 0.2) is 101 Å². The number of benzene rings is 3. The van der Waals surface area contributed by atoms with Crippen molar-refractivity contribution in [3.8, 4) is 11.1 Å². The molecule has 1 aliphatic rings. The van der Waals surface area contributed by atoms with Gasteiger partial charge < -0.3 is 14.4 Å². The van der Waals surface area contributed by atoms with Crippen molar-refractivity contribution >= 4 is 41.7 Å². The number of aromatic nitrogens is 4. The molecule has 0 saturated carbocycles. The van der Waals surface area contributed by atoms with E-state index in [1.54, 1.807) is 33.8 Å². The summed E-state index contributed by atoms with van der Waals surface area (Å²) in [5, 5.41) is 5.38. The number of halogens is 3. The van der Waals surface area contributed by atoms with Crippen LogP contribution in [0.25, 0.3) is 11.1 Å². The van der Waals surface area contributed by atoms with Gasteiger partial charge in [0.2, 0.25) is 5.91 Å². The van der Waals surface area contributed by atoms with Crippen LogP contribution in [-0.4, -0.2) is 61.2 Å². The molecule has 0 atom stereocenters. The van der Waals surface area contributed by atoms with E-state index in [4.69, 9.17) is 11.6 Å². The van der Waals surface area contributed by atoms with Crippen molar-refractivity contribution in [3.05, 3.63) is 135 Å². The second kappa shape index (κ2) is 17.8. The van der Waals surface area contributed by atoms with Crippen molar-refractivity contribution in [2.45, 2.75) is 49.7 Å². The molecule has 1 saturated heterocycles. The third-order valence-electron chi connectivity index (χ3n) is 8.76. The fourth-order valence-electron chi connectivity index (χ4n) is 6.03. The molecule has 3 heterocycles. The average Bonchev–Trinajstić information content (AvgIpc) is 3.53. The molecule has 2 aromatic heterocycles. The van der Waals surface area contributed by atoms with E-state index in [-0.39, 0.29) is 36.2 Å². The third-order valence-corrected chi connectivity index (χ3v) is 10.1. The topological polar surface area (TPSA) is 76.3 Å². The van der Waals surface area contributed by atoms with Crippen molar-refractivity contribution in [2.75, 3.05) is 26.2 Å². The first-order valence-corrected chi connectivity index (χ1v) is 18.0. The van der Waals surface area contributed by atoms with Gasteiger partial charge in [0.25, 0.3) is 5.56 Å². The predicted octanol–water partition coefficient (Wildman–Crippen LogP) is 7.26. The highest BCUT2D eigenvalue weighted by Gasteiger charge is 2.20. The predicted molar refractivity (Wildman–Crippen MR) is 200 cm³/mol. The van der Waals surface area contributed by atoms with E-state index in [1.807, 2.05) is 42.4 Å². The number of amides is 1. The highest BCUT2D eigenvalue weighted by atomic mass is 35.5. The average molecular weight is 736 g/mol. The van der Waals surface area contributed by atoms with Crippen LogP contribution in [0.3, 0.4) is 0 Å². The SMILES string of the molecule is Cl.Cn1cc(Cc2cn(CC(=O)N(CCN3CCCCC3)Cc3ccc(-c4ccc(Cl)cc4)cc3)c(SCc3ccc(F)cc3)nc2=O)cn1. The molecule has 0 radical (unpaired) electrons. The Morgan fingerprint density at radius 2 is 1.56 bits per heavy atom. The molecule has 3 aromatic carbocycles. The van der Waals surface area contributed by atoms with E-state index in [2.05, 4.69) is 39.2 Å². The molecular weight excluding hydrogens is 694 g/mol. The number of hydrogen-bond donors (Lipinski definition) is 0. The van der Waals surface area contributed by atoms with Gasteiger partial charge in [-0.1, -0.05) is 78.3 Å². The summed E-state index contributed by atoms with van der Waals surface area (Å²) in [5.41, 5.74) is 5.12. The number of carbonyl (C=O) groups excluding carboxylic acids is 1. The first-order valence-electron chi connectivity index (χ1n) is 16.6. The molecule has 0 aliphatic carbocycles. The van der Waals surface area contributed by atoms with Crippen LogP contribution >= 0.6 is 35.8 Å². The zero-order valence-corrected chi connectivity index (χ0v) is 30.4. The first kappa shape index (κ1) is 37.3. The van der Waals surface area contributed by atoms with Crippen LogP contribution in [0.2, 0.25) is 5.02 Å². The molecule has 1 aliphatic heterocycles. The van der Waals surface area contributed by atoms with Gasteiger partial charge >= 0.3 is 0 Å². The number of hydrogen-bond acceptors (Lipinski definition) is 6. The monoisotopic (exact) mass is 734 g/mol. The summed E-state index contributed by atoms with van der Waals surface area (Å²) < 4.78 is 17.0. The lowest BCUT2D eigenvalue weighted by molar-refractivity contribution is -0.132. The van der Waals surface area contributed by atoms with E-state index in [0.29, 0.717) is 41.0 Å². The van der Waals surface area contributed by atoms with E-state index >= 15 is 0 Å². The van der Waals surface area contributed by atoms with Gasteiger partial charge in [0.15, 0.2) is 5.16 Å². The maximum atomic E-state index is 14.2. The molecule has 0 spiro atoms. The van der Waals surface area contributed by atoms with E-state index in [1.165, 1.54) is 43.2 Å². The molecule has 0 N–H and O–H groups in total. The van der Waals surface area contributed by atoms with Crippen molar-refractivity contribution in [1.82, 2.24) is 29.1 Å². The van der Waals surface area contributed by atoms with Crippen molar-refractivity contribution in [2.24, 2.45) is 7.05 Å². The van der Waals surface area contributed by atoms with Crippen LogP contribution in [0.1, 0.15) is 41.5 Å². The fraction of sp³-hybridized carbons (Fsp3) is 0.316. The molecular formula is C38H41Cl2FN6O2S. The van der Waals surface area contributed by atoms with E-state index in [9.17, 15) is 14.0 Å². The van der Waals surface area contributed by atoms with Crippen LogP contribution in [0.4, 0.5) is 4.39 Å². The zero-order valence-electron chi connectivity index (χ0n) is 28.0. The lowest BCUT2D eigenvalue weighted by Crippen LogP contribution is -2.41. The Kier molecular flexibility index (Phi) is 13.3. The molecule has 0 bridgehead atoms. The standard InChI is InChI=1S/C38H40ClFN6O2S.ClH/c1-43-23-30(22-41-43)21-33-25-46(38(42-37(33)48)49-27-29-7-15-35(40)16-8-29)26-36(47)45(20-19-44-17-3-2-4-18-44)24-28-5-9-31(10-6-28)32-11-13-34(39)14-12-32;/h5-16,22-23,25H,2-4,17-21,24,26-27H2,1H3;1H. The van der Waals surface area contributed by atoms with Crippen LogP contribution in [0, 0.1) is 5.82 Å². The van der Waals surface area contributed by atoms with Gasteiger partial charge in [0.1, 0.15) is 12.4 Å². The Labute approximate surface area is 307 Å². The molecule has 8 nitrogen and oxygen atoms in total. The van der Waals surface area contributed by atoms with Gasteiger partial charge in [-0.2, -0.15) is 10.1 Å². The Balaban J connectivity index is 0.00000486. The van der Waals surface area contributed by atoms with Gasteiger partial charge in [-0.25, -0.2) is 4.39 Å². The van der Waals surface area contributed by atoms with E-state index < -0.39 is 0 Å². The Morgan fingerprint density at radius 3 is 2.22 bits per heavy atom. The number of carbonyl (C=O) groups is 1. The lowest BCUT2D eigenvalue weighted by Gasteiger charge is -2.30. The molecule has 6 rings (SSSR count). The highest BCUT2D eigenvalue weighted by Crippen LogP contribution is 2.24. The minimum atomic E-state index is -0.336. The number of thioether (sulfide) groups is 1. The van der Waals surface area contributed by atoms with Crippen LogP contribution < -0.4 is 5.56 Å². The summed E-state index contributed by atoms with van der Waals surface area (Å²) in [7, 11) is 1.83. The Hall–Kier alpha value is -3.96. The van der Waals surface area contributed by atoms with Crippen molar-refractivity contribution < 1.29 is 9.18 Å². The summed E-state index contributed by atoms with van der Waals surface area (Å²) in [6.45, 7) is 3.97. The Bertz CT molecular complexity index is 1910. The molecule has 5 aromatic rings. The summed E-state index contributed by atoms with van der Waals surface area (Å²) in [6, 6.07) is 22.3. The highest BCUT2D eigenvalue weighted by molar-refractivity contribution is 7.98. The van der Waals surface area contributed by atoms with Gasteiger partial charge in [-0.3, -0.25) is 14.3 Å². The number of rotatable bonds is 13. The first-order chi connectivity index (χ1) is 23.8. The number of aryl methyl sites for hydroxylation is 1. The van der Waals surface area contributed by atoms with Gasteiger partial charge in [0.05, 0.1) is 6.20 Å². The zero-order chi connectivity index (χ0) is 34.2. The van der Waals surface area contributed by atoms with Gasteiger partial charge in [-0.05, 0) is 78.0 Å². The molecule has 50 heavy (non-hydrogen) atoms. The van der Waals surface area contributed by atoms with Gasteiger partial charge in [-0.15, -0.1) is 12.4 Å². The van der Waals surface area contributed by atoms with Crippen LogP contribution in [-0.2, 0) is 37.1 Å². The summed E-state index contributed by atoms with van der Waals surface area (Å²) in [6.07, 6.45) is 9.32. The molecule has 12 heteroatoms. The maximum absolute atomic E-state index is 14.2. The maximum Gasteiger partial charge on any atom is 0.277 e. The lowest BCUT2D eigenvalue weighted by atomic mass is 10.0. The number of piperidine rings is 1. The van der Waals surface area contributed by atoms with Crippen molar-refractivity contribution in [1.29, 1.82) is 0 Å². The third kappa shape index (κ3) is 10.3. The molecule has 0 unspecified atom stereocenters. The second-order valence-corrected chi connectivity index (χ2v) is 13.9. The van der Waals surface area contributed by atoms with Crippen LogP contribution in [0.5, 0.6) is 0 Å². The second-order valence-electron chi connectivity index (χ2n) is 12.5. The molecule has 262 valence electrons. The van der Waals surface area contributed by atoms with Crippen molar-refractivity contribution in [3.63, 3.8) is 0 Å². The van der Waals surface area contributed by atoms with Gasteiger partial charge in [0, 0.05) is 61.8 Å². The van der Waals surface area contributed by atoms with E-state index in [0.717, 1.165) is 47.5 Å². The minimum Gasteiger partial charge on any atom is -0.336 e. The quantitative estimate of drug-likeness (QED) is 0.0937. The summed E-state index contributed by atoms with van der Waals surface area (Å²) in [5.74, 6) is 0.111.